The summed E-state index contributed by atoms with van der Waals surface area (Å²) >= 11 is 0. The highest BCUT2D eigenvalue weighted by Crippen LogP contribution is 2.30. The fraction of sp³-hybridized carbons (Fsp3) is 0.0968. The molecule has 4 rings (SSSR count). The molecule has 34 heavy (non-hydrogen) atoms. The fourth-order valence-corrected chi connectivity index (χ4v) is 3.43. The lowest BCUT2D eigenvalue weighted by Crippen LogP contribution is -1.97. The van der Waals surface area contributed by atoms with Crippen LogP contribution in [0.2, 0.25) is 0 Å². The normalized spacial score (nSPS) is 9.88. The van der Waals surface area contributed by atoms with Gasteiger partial charge >= 0.3 is 0 Å². The highest BCUT2D eigenvalue weighted by molar-refractivity contribution is 5.62. The summed E-state index contributed by atoms with van der Waals surface area (Å²) < 4.78 is 11.5. The smallest absolute Gasteiger partial charge is 0.146 e. The zero-order valence-electron chi connectivity index (χ0n) is 18.9. The van der Waals surface area contributed by atoms with Gasteiger partial charge < -0.3 is 9.47 Å². The van der Waals surface area contributed by atoms with E-state index in [2.05, 4.69) is 47.7 Å². The Morgan fingerprint density at radius 2 is 1.32 bits per heavy atom. The zero-order valence-corrected chi connectivity index (χ0v) is 18.9. The summed E-state index contributed by atoms with van der Waals surface area (Å²) in [6.45, 7) is 4.54. The number of ether oxygens (including phenoxy) is 2. The van der Waals surface area contributed by atoms with Crippen LogP contribution in [0.25, 0.3) is 0 Å². The summed E-state index contributed by atoms with van der Waals surface area (Å²) in [6.07, 6.45) is 3.56. The maximum atomic E-state index is 6.07. The van der Waals surface area contributed by atoms with Gasteiger partial charge in [-0.2, -0.15) is 0 Å². The lowest BCUT2D eigenvalue weighted by molar-refractivity contribution is 0.265. The highest BCUT2D eigenvalue weighted by Gasteiger charge is 2.06. The molecule has 3 nitrogen and oxygen atoms in total. The minimum Gasteiger partial charge on any atom is -0.487 e. The first-order chi connectivity index (χ1) is 16.8. The maximum absolute atomic E-state index is 6.07. The van der Waals surface area contributed by atoms with Crippen LogP contribution in [0.4, 0.5) is 5.69 Å². The molecule has 0 radical (unpaired) electrons. The van der Waals surface area contributed by atoms with E-state index in [0.29, 0.717) is 13.2 Å². The second-order valence-corrected chi connectivity index (χ2v) is 7.72. The largest absolute Gasteiger partial charge is 0.487 e. The van der Waals surface area contributed by atoms with Gasteiger partial charge in [-0.05, 0) is 71.3 Å². The Bertz CT molecular complexity index is 1310. The number of hydrogen-bond donors (Lipinski definition) is 0. The van der Waals surface area contributed by atoms with Crippen molar-refractivity contribution in [1.82, 2.24) is 0 Å². The van der Waals surface area contributed by atoms with Gasteiger partial charge in [-0.3, -0.25) is 0 Å². The SMILES string of the molecule is C=C=Nc1ccc(Cc2ccc(C#COCc3ccccc3)cc2)cc1OCc1ccccc1. The van der Waals surface area contributed by atoms with Crippen LogP contribution in [0.15, 0.2) is 115 Å². The van der Waals surface area contributed by atoms with Crippen molar-refractivity contribution in [3.63, 3.8) is 0 Å². The standard InChI is InChI=1S/C31H25NO2/c1-2-32-30-18-17-29(22-31(30)34-24-28-11-7-4-8-12-28)21-26-15-13-25(14-16-26)19-20-33-23-27-9-5-3-6-10-27/h3-18,22H,1,21,23-24H2. The number of nitrogens with zero attached hydrogens (tertiary/aromatic N) is 1. The van der Waals surface area contributed by atoms with E-state index in [1.165, 1.54) is 5.56 Å². The van der Waals surface area contributed by atoms with Crippen molar-refractivity contribution >= 4 is 11.6 Å². The lowest BCUT2D eigenvalue weighted by Gasteiger charge is -2.11. The predicted molar refractivity (Wildman–Crippen MR) is 137 cm³/mol. The van der Waals surface area contributed by atoms with Crippen LogP contribution >= 0.6 is 0 Å². The van der Waals surface area contributed by atoms with Gasteiger partial charge in [0.15, 0.2) is 0 Å². The number of aliphatic imine (C=N–C) groups is 1. The van der Waals surface area contributed by atoms with E-state index in [-0.39, 0.29) is 0 Å². The van der Waals surface area contributed by atoms with Gasteiger partial charge in [0, 0.05) is 5.56 Å². The Morgan fingerprint density at radius 1 is 0.676 bits per heavy atom. The minimum absolute atomic E-state index is 0.476. The molecular weight excluding hydrogens is 418 g/mol. The van der Waals surface area contributed by atoms with Crippen LogP contribution in [0.3, 0.4) is 0 Å². The third-order valence-corrected chi connectivity index (χ3v) is 5.17. The molecule has 0 aliphatic carbocycles. The minimum atomic E-state index is 0.476. The molecule has 0 aliphatic heterocycles. The Morgan fingerprint density at radius 3 is 2.00 bits per heavy atom. The first-order valence-corrected chi connectivity index (χ1v) is 11.1. The number of benzene rings is 4. The molecule has 0 fully saturated rings. The number of rotatable bonds is 8. The summed E-state index contributed by atoms with van der Waals surface area (Å²) in [5.41, 5.74) is 6.16. The molecule has 0 aliphatic rings. The van der Waals surface area contributed by atoms with Gasteiger partial charge in [0.25, 0.3) is 0 Å². The van der Waals surface area contributed by atoms with Crippen molar-refractivity contribution in [1.29, 1.82) is 0 Å². The van der Waals surface area contributed by atoms with E-state index in [1.54, 1.807) is 0 Å². The molecule has 0 saturated heterocycles. The molecule has 166 valence electrons. The summed E-state index contributed by atoms with van der Waals surface area (Å²) in [4.78, 5) is 4.22. The van der Waals surface area contributed by atoms with Crippen molar-refractivity contribution in [3.8, 4) is 17.8 Å². The predicted octanol–water partition coefficient (Wildman–Crippen LogP) is 6.87. The molecule has 0 saturated carbocycles. The summed E-state index contributed by atoms with van der Waals surface area (Å²) in [5, 5.41) is 0. The average molecular weight is 444 g/mol. The zero-order chi connectivity index (χ0) is 23.4. The van der Waals surface area contributed by atoms with Gasteiger partial charge in [0.2, 0.25) is 0 Å². The molecule has 0 heterocycles. The van der Waals surface area contributed by atoms with Gasteiger partial charge in [0.1, 0.15) is 30.8 Å². The molecule has 0 spiro atoms. The van der Waals surface area contributed by atoms with Crippen molar-refractivity contribution in [2.24, 2.45) is 4.99 Å². The third kappa shape index (κ3) is 6.74. The molecule has 4 aromatic carbocycles. The molecule has 0 aromatic heterocycles. The first-order valence-electron chi connectivity index (χ1n) is 11.1. The maximum Gasteiger partial charge on any atom is 0.146 e. The van der Waals surface area contributed by atoms with Gasteiger partial charge in [-0.25, -0.2) is 4.99 Å². The molecule has 3 heteroatoms. The third-order valence-electron chi connectivity index (χ3n) is 5.17. The van der Waals surface area contributed by atoms with E-state index in [9.17, 15) is 0 Å². The quantitative estimate of drug-likeness (QED) is 0.220. The fourth-order valence-electron chi connectivity index (χ4n) is 3.43. The molecule has 0 unspecified atom stereocenters. The van der Waals surface area contributed by atoms with Crippen molar-refractivity contribution < 1.29 is 9.47 Å². The van der Waals surface area contributed by atoms with Crippen molar-refractivity contribution in [3.05, 3.63) is 138 Å². The molecule has 4 aromatic rings. The van der Waals surface area contributed by atoms with E-state index in [0.717, 1.165) is 40.1 Å². The van der Waals surface area contributed by atoms with E-state index in [4.69, 9.17) is 9.47 Å². The molecule has 0 bridgehead atoms. The van der Waals surface area contributed by atoms with Gasteiger partial charge in [-0.1, -0.05) is 78.9 Å². The van der Waals surface area contributed by atoms with Crippen LogP contribution in [0, 0.1) is 12.0 Å². The van der Waals surface area contributed by atoms with Crippen molar-refractivity contribution in [2.45, 2.75) is 19.6 Å². The van der Waals surface area contributed by atoms with E-state index in [1.807, 2.05) is 84.9 Å². The molecule has 0 N–H and O–H groups in total. The topological polar surface area (TPSA) is 30.8 Å². The van der Waals surface area contributed by atoms with Crippen molar-refractivity contribution in [2.75, 3.05) is 0 Å². The summed E-state index contributed by atoms with van der Waals surface area (Å²) in [5.74, 6) is 6.37. The van der Waals surface area contributed by atoms with Crippen LogP contribution in [0.1, 0.15) is 27.8 Å². The van der Waals surface area contributed by atoms with Crippen LogP contribution in [-0.2, 0) is 24.4 Å². The summed E-state index contributed by atoms with van der Waals surface area (Å²) in [7, 11) is 0. The average Bonchev–Trinajstić information content (AvgIpc) is 2.89. The monoisotopic (exact) mass is 443 g/mol. The Labute approximate surface area is 201 Å². The second kappa shape index (κ2) is 11.9. The molecular formula is C31H25NO2. The van der Waals surface area contributed by atoms with Crippen LogP contribution in [-0.4, -0.2) is 5.87 Å². The highest BCUT2D eigenvalue weighted by atomic mass is 16.5. The van der Waals surface area contributed by atoms with E-state index >= 15 is 0 Å². The van der Waals surface area contributed by atoms with Crippen LogP contribution in [0.5, 0.6) is 5.75 Å². The Balaban J connectivity index is 1.39. The molecule has 0 atom stereocenters. The first kappa shape index (κ1) is 22.7. The second-order valence-electron chi connectivity index (χ2n) is 7.72. The molecule has 0 amide bonds. The lowest BCUT2D eigenvalue weighted by atomic mass is 10.0. The van der Waals surface area contributed by atoms with Crippen LogP contribution < -0.4 is 4.74 Å². The van der Waals surface area contributed by atoms with Gasteiger partial charge in [0.05, 0.1) is 0 Å². The number of hydrogen-bond acceptors (Lipinski definition) is 3. The van der Waals surface area contributed by atoms with Gasteiger partial charge in [-0.15, -0.1) is 0 Å². The van der Waals surface area contributed by atoms with E-state index < -0.39 is 0 Å². The summed E-state index contributed by atoms with van der Waals surface area (Å²) in [6, 6.07) is 34.3. The Kier molecular flexibility index (Phi) is 7.95. The Hall–Kier alpha value is -4.51.